The molecule has 0 unspecified atom stereocenters. The van der Waals surface area contributed by atoms with E-state index < -0.39 is 0 Å². The standard InChI is InChI=1S/C20H22N2O2S/c1-13(2)11-22-7-8-24-19-15(12-22)9-14(10-17(19)23)20-21-16-5-3-4-6-18(16)25-20/h3-6,9-10,13,23H,7-8,11-12H2,1-2H3. The molecule has 0 saturated heterocycles. The zero-order valence-electron chi connectivity index (χ0n) is 14.5. The molecule has 0 radical (unpaired) electrons. The summed E-state index contributed by atoms with van der Waals surface area (Å²) in [7, 11) is 0. The highest BCUT2D eigenvalue weighted by atomic mass is 32.1. The highest BCUT2D eigenvalue weighted by Crippen LogP contribution is 2.39. The van der Waals surface area contributed by atoms with E-state index in [4.69, 9.17) is 9.72 Å². The molecule has 1 N–H and O–H groups in total. The van der Waals surface area contributed by atoms with E-state index in [9.17, 15) is 5.11 Å². The molecule has 0 bridgehead atoms. The Bertz CT molecular complexity index is 871. The van der Waals surface area contributed by atoms with Crippen molar-refractivity contribution in [3.8, 4) is 22.1 Å². The van der Waals surface area contributed by atoms with Gasteiger partial charge in [-0.05, 0) is 30.2 Å². The third-order valence-corrected chi connectivity index (χ3v) is 5.44. The second-order valence-corrected chi connectivity index (χ2v) is 7.98. The molecule has 0 fully saturated rings. The van der Waals surface area contributed by atoms with E-state index >= 15 is 0 Å². The lowest BCUT2D eigenvalue weighted by molar-refractivity contribution is 0.205. The second-order valence-electron chi connectivity index (χ2n) is 6.95. The number of phenolic OH excluding ortho intramolecular Hbond substituents is 1. The minimum atomic E-state index is 0.207. The number of hydrogen-bond acceptors (Lipinski definition) is 5. The van der Waals surface area contributed by atoms with Crippen LogP contribution in [0.5, 0.6) is 11.5 Å². The highest BCUT2D eigenvalue weighted by Gasteiger charge is 2.21. The van der Waals surface area contributed by atoms with Crippen molar-refractivity contribution in [1.29, 1.82) is 0 Å². The van der Waals surface area contributed by atoms with Crippen LogP contribution in [0.2, 0.25) is 0 Å². The molecule has 3 aromatic rings. The van der Waals surface area contributed by atoms with E-state index in [1.54, 1.807) is 17.4 Å². The van der Waals surface area contributed by atoms with Crippen molar-refractivity contribution in [1.82, 2.24) is 9.88 Å². The molecule has 5 heteroatoms. The van der Waals surface area contributed by atoms with Crippen LogP contribution >= 0.6 is 11.3 Å². The Morgan fingerprint density at radius 1 is 1.28 bits per heavy atom. The lowest BCUT2D eigenvalue weighted by Crippen LogP contribution is -2.29. The summed E-state index contributed by atoms with van der Waals surface area (Å²) in [4.78, 5) is 7.10. The summed E-state index contributed by atoms with van der Waals surface area (Å²) in [5.74, 6) is 1.43. The first-order chi connectivity index (χ1) is 12.1. The topological polar surface area (TPSA) is 45.6 Å². The molecule has 2 heterocycles. The summed E-state index contributed by atoms with van der Waals surface area (Å²) in [6.45, 7) is 7.74. The average Bonchev–Trinajstić information content (AvgIpc) is 2.90. The number of thiazole rings is 1. The molecule has 4 rings (SSSR count). The Kier molecular flexibility index (Phi) is 4.36. The van der Waals surface area contributed by atoms with Gasteiger partial charge in [-0.2, -0.15) is 0 Å². The van der Waals surface area contributed by atoms with Gasteiger partial charge in [0, 0.05) is 30.8 Å². The molecule has 0 saturated carbocycles. The number of benzene rings is 2. The summed E-state index contributed by atoms with van der Waals surface area (Å²) in [6, 6.07) is 12.0. The molecule has 0 aliphatic carbocycles. The molecule has 1 aromatic heterocycles. The van der Waals surface area contributed by atoms with Gasteiger partial charge in [0.25, 0.3) is 0 Å². The van der Waals surface area contributed by atoms with Crippen LogP contribution in [-0.2, 0) is 6.54 Å². The zero-order valence-corrected chi connectivity index (χ0v) is 15.3. The van der Waals surface area contributed by atoms with Crippen LogP contribution in [0.25, 0.3) is 20.8 Å². The van der Waals surface area contributed by atoms with Crippen molar-refractivity contribution in [3.63, 3.8) is 0 Å². The van der Waals surface area contributed by atoms with Crippen LogP contribution in [0.15, 0.2) is 36.4 Å². The van der Waals surface area contributed by atoms with Crippen LogP contribution < -0.4 is 4.74 Å². The molecule has 0 spiro atoms. The van der Waals surface area contributed by atoms with Gasteiger partial charge in [-0.3, -0.25) is 4.90 Å². The Morgan fingerprint density at radius 2 is 2.12 bits per heavy atom. The van der Waals surface area contributed by atoms with Gasteiger partial charge >= 0.3 is 0 Å². The second kappa shape index (κ2) is 6.65. The van der Waals surface area contributed by atoms with Crippen molar-refractivity contribution >= 4 is 21.6 Å². The first-order valence-corrected chi connectivity index (χ1v) is 9.49. The SMILES string of the molecule is CC(C)CN1CCOc2c(O)cc(-c3nc4ccccc4s3)cc2C1. The summed E-state index contributed by atoms with van der Waals surface area (Å²) < 4.78 is 6.99. The number of hydrogen-bond donors (Lipinski definition) is 1. The minimum Gasteiger partial charge on any atom is -0.504 e. The van der Waals surface area contributed by atoms with Gasteiger partial charge in [-0.15, -0.1) is 11.3 Å². The summed E-state index contributed by atoms with van der Waals surface area (Å²) in [5.41, 5.74) is 2.98. The lowest BCUT2D eigenvalue weighted by Gasteiger charge is -2.21. The normalized spacial score (nSPS) is 15.2. The van der Waals surface area contributed by atoms with Crippen LogP contribution in [-0.4, -0.2) is 34.7 Å². The molecule has 4 nitrogen and oxygen atoms in total. The van der Waals surface area contributed by atoms with Crippen molar-refractivity contribution in [3.05, 3.63) is 42.0 Å². The van der Waals surface area contributed by atoms with E-state index in [0.29, 0.717) is 18.3 Å². The summed E-state index contributed by atoms with van der Waals surface area (Å²) >= 11 is 1.65. The molecular weight excluding hydrogens is 332 g/mol. The van der Waals surface area contributed by atoms with Crippen LogP contribution in [0, 0.1) is 5.92 Å². The number of fused-ring (bicyclic) bond motifs is 2. The largest absolute Gasteiger partial charge is 0.504 e. The van der Waals surface area contributed by atoms with Gasteiger partial charge in [-0.1, -0.05) is 26.0 Å². The predicted octanol–water partition coefficient (Wildman–Crippen LogP) is 4.52. The monoisotopic (exact) mass is 354 g/mol. The van der Waals surface area contributed by atoms with Crippen molar-refractivity contribution < 1.29 is 9.84 Å². The van der Waals surface area contributed by atoms with Gasteiger partial charge in [0.1, 0.15) is 11.6 Å². The van der Waals surface area contributed by atoms with Crippen LogP contribution in [0.3, 0.4) is 0 Å². The maximum atomic E-state index is 10.5. The molecule has 1 aliphatic rings. The number of aromatic hydroxyl groups is 1. The number of aromatic nitrogens is 1. The maximum Gasteiger partial charge on any atom is 0.165 e. The van der Waals surface area contributed by atoms with E-state index in [2.05, 4.69) is 30.9 Å². The summed E-state index contributed by atoms with van der Waals surface area (Å²) in [6.07, 6.45) is 0. The van der Waals surface area contributed by atoms with Crippen LogP contribution in [0.4, 0.5) is 0 Å². The fraction of sp³-hybridized carbons (Fsp3) is 0.350. The zero-order chi connectivity index (χ0) is 17.4. The third kappa shape index (κ3) is 3.34. The third-order valence-electron chi connectivity index (χ3n) is 4.36. The Hall–Kier alpha value is -2.11. The molecule has 0 atom stereocenters. The van der Waals surface area contributed by atoms with Crippen molar-refractivity contribution in [2.45, 2.75) is 20.4 Å². The molecular formula is C20H22N2O2S. The Labute approximate surface area is 151 Å². The lowest BCUT2D eigenvalue weighted by atomic mass is 10.1. The van der Waals surface area contributed by atoms with Crippen molar-refractivity contribution in [2.24, 2.45) is 5.92 Å². The molecule has 130 valence electrons. The van der Waals surface area contributed by atoms with Gasteiger partial charge < -0.3 is 9.84 Å². The first-order valence-electron chi connectivity index (χ1n) is 8.67. The van der Waals surface area contributed by atoms with Gasteiger partial charge in [0.2, 0.25) is 0 Å². The number of rotatable bonds is 3. The van der Waals surface area contributed by atoms with Gasteiger partial charge in [0.15, 0.2) is 11.5 Å². The van der Waals surface area contributed by atoms with E-state index in [1.807, 2.05) is 18.2 Å². The Balaban J connectivity index is 1.73. The van der Waals surface area contributed by atoms with E-state index in [1.165, 1.54) is 0 Å². The number of nitrogens with zero attached hydrogens (tertiary/aromatic N) is 2. The van der Waals surface area contributed by atoms with Crippen LogP contribution in [0.1, 0.15) is 19.4 Å². The first kappa shape index (κ1) is 16.4. The van der Waals surface area contributed by atoms with E-state index in [0.717, 1.165) is 46.0 Å². The average molecular weight is 354 g/mol. The molecule has 1 aliphatic heterocycles. The van der Waals surface area contributed by atoms with Gasteiger partial charge in [-0.25, -0.2) is 4.98 Å². The highest BCUT2D eigenvalue weighted by molar-refractivity contribution is 7.21. The maximum absolute atomic E-state index is 10.5. The number of para-hydroxylation sites is 1. The van der Waals surface area contributed by atoms with Gasteiger partial charge in [0.05, 0.1) is 10.2 Å². The molecule has 2 aromatic carbocycles. The quantitative estimate of drug-likeness (QED) is 0.751. The molecule has 0 amide bonds. The van der Waals surface area contributed by atoms with Crippen molar-refractivity contribution in [2.75, 3.05) is 19.7 Å². The number of ether oxygens (including phenoxy) is 1. The molecule has 25 heavy (non-hydrogen) atoms. The summed E-state index contributed by atoms with van der Waals surface area (Å²) in [5, 5.41) is 11.4. The predicted molar refractivity (Wildman–Crippen MR) is 102 cm³/mol. The fourth-order valence-corrected chi connectivity index (χ4v) is 4.30. The Morgan fingerprint density at radius 3 is 2.92 bits per heavy atom. The minimum absolute atomic E-state index is 0.207. The number of phenols is 1. The fourth-order valence-electron chi connectivity index (χ4n) is 3.34. The smallest absolute Gasteiger partial charge is 0.165 e. The van der Waals surface area contributed by atoms with E-state index in [-0.39, 0.29) is 5.75 Å².